The molecule has 0 radical (unpaired) electrons. The molecule has 116 valence electrons. The van der Waals surface area contributed by atoms with Crippen LogP contribution in [-0.2, 0) is 0 Å². The third kappa shape index (κ3) is 3.27. The van der Waals surface area contributed by atoms with Gasteiger partial charge in [-0.05, 0) is 37.8 Å². The maximum atomic E-state index is 12.3. The van der Waals surface area contributed by atoms with E-state index < -0.39 is 0 Å². The number of Topliss-reactive ketones (excluding diaryl/α,β-unsaturated/α-hetero) is 1. The van der Waals surface area contributed by atoms with Crippen molar-refractivity contribution in [2.75, 3.05) is 6.54 Å². The monoisotopic (exact) mass is 298 g/mol. The number of carbonyl (C=O) groups is 2. The summed E-state index contributed by atoms with van der Waals surface area (Å²) in [6.45, 7) is 7.75. The summed E-state index contributed by atoms with van der Waals surface area (Å²) < 4.78 is 0. The SMILES string of the molecule is CC(=O)c1c(C)[nH]c(C(=O)NC[C@H](C)c2ccccc2)c1C. The lowest BCUT2D eigenvalue weighted by Crippen LogP contribution is -2.28. The molecule has 1 amide bonds. The molecule has 1 atom stereocenters. The van der Waals surface area contributed by atoms with Crippen LogP contribution < -0.4 is 5.32 Å². The molecule has 0 aliphatic rings. The van der Waals surface area contributed by atoms with E-state index in [-0.39, 0.29) is 17.6 Å². The predicted octanol–water partition coefficient (Wildman–Crippen LogP) is 3.37. The summed E-state index contributed by atoms with van der Waals surface area (Å²) >= 11 is 0. The smallest absolute Gasteiger partial charge is 0.268 e. The van der Waals surface area contributed by atoms with Crippen molar-refractivity contribution < 1.29 is 9.59 Å². The van der Waals surface area contributed by atoms with Crippen molar-refractivity contribution >= 4 is 11.7 Å². The van der Waals surface area contributed by atoms with Crippen LogP contribution in [0.2, 0.25) is 0 Å². The fraction of sp³-hybridized carbons (Fsp3) is 0.333. The number of aromatic amines is 1. The topological polar surface area (TPSA) is 62.0 Å². The van der Waals surface area contributed by atoms with Crippen molar-refractivity contribution in [3.8, 4) is 0 Å². The Kier molecular flexibility index (Phi) is 4.81. The van der Waals surface area contributed by atoms with Crippen molar-refractivity contribution in [3.63, 3.8) is 0 Å². The summed E-state index contributed by atoms with van der Waals surface area (Å²) in [7, 11) is 0. The minimum absolute atomic E-state index is 0.0250. The minimum Gasteiger partial charge on any atom is -0.354 e. The zero-order valence-electron chi connectivity index (χ0n) is 13.5. The predicted molar refractivity (Wildman–Crippen MR) is 87.5 cm³/mol. The Morgan fingerprint density at radius 2 is 1.82 bits per heavy atom. The van der Waals surface area contributed by atoms with Gasteiger partial charge >= 0.3 is 0 Å². The Hall–Kier alpha value is -2.36. The summed E-state index contributed by atoms with van der Waals surface area (Å²) in [5.41, 5.74) is 3.73. The van der Waals surface area contributed by atoms with Gasteiger partial charge in [-0.3, -0.25) is 9.59 Å². The molecule has 1 aromatic heterocycles. The van der Waals surface area contributed by atoms with Gasteiger partial charge in [0.15, 0.2) is 5.78 Å². The molecule has 0 aliphatic heterocycles. The van der Waals surface area contributed by atoms with Gasteiger partial charge in [-0.1, -0.05) is 37.3 Å². The Morgan fingerprint density at radius 1 is 1.18 bits per heavy atom. The molecule has 0 aliphatic carbocycles. The molecule has 1 aromatic carbocycles. The summed E-state index contributed by atoms with van der Waals surface area (Å²) in [6.07, 6.45) is 0. The lowest BCUT2D eigenvalue weighted by atomic mass is 10.0. The molecular formula is C18H22N2O2. The molecule has 1 heterocycles. The highest BCUT2D eigenvalue weighted by Crippen LogP contribution is 2.19. The van der Waals surface area contributed by atoms with Gasteiger partial charge < -0.3 is 10.3 Å². The second-order valence-electron chi connectivity index (χ2n) is 5.70. The van der Waals surface area contributed by atoms with Gasteiger partial charge in [0.25, 0.3) is 5.91 Å². The molecule has 2 rings (SSSR count). The average molecular weight is 298 g/mol. The number of aromatic nitrogens is 1. The number of H-pyrrole nitrogens is 1. The van der Waals surface area contributed by atoms with Crippen molar-refractivity contribution in [2.45, 2.75) is 33.6 Å². The first-order valence-corrected chi connectivity index (χ1v) is 7.45. The first-order valence-electron chi connectivity index (χ1n) is 7.45. The zero-order valence-corrected chi connectivity index (χ0v) is 13.5. The third-order valence-electron chi connectivity index (χ3n) is 3.95. The lowest BCUT2D eigenvalue weighted by molar-refractivity contribution is 0.0946. The molecule has 2 N–H and O–H groups in total. The molecule has 0 bridgehead atoms. The van der Waals surface area contributed by atoms with Crippen molar-refractivity contribution in [2.24, 2.45) is 0 Å². The third-order valence-corrected chi connectivity index (χ3v) is 3.95. The number of rotatable bonds is 5. The molecule has 0 fully saturated rings. The van der Waals surface area contributed by atoms with Crippen LogP contribution in [0, 0.1) is 13.8 Å². The van der Waals surface area contributed by atoms with E-state index >= 15 is 0 Å². The van der Waals surface area contributed by atoms with E-state index in [0.717, 1.165) is 11.3 Å². The number of aryl methyl sites for hydroxylation is 1. The molecule has 2 aromatic rings. The largest absolute Gasteiger partial charge is 0.354 e. The van der Waals surface area contributed by atoms with Crippen molar-refractivity contribution in [3.05, 3.63) is 58.4 Å². The number of carbonyl (C=O) groups excluding carboxylic acids is 2. The Balaban J connectivity index is 2.07. The highest BCUT2D eigenvalue weighted by Gasteiger charge is 2.20. The normalized spacial score (nSPS) is 12.0. The van der Waals surface area contributed by atoms with Crippen molar-refractivity contribution in [1.29, 1.82) is 0 Å². The maximum Gasteiger partial charge on any atom is 0.268 e. The second-order valence-corrected chi connectivity index (χ2v) is 5.70. The second kappa shape index (κ2) is 6.60. The van der Waals surface area contributed by atoms with Gasteiger partial charge in [-0.15, -0.1) is 0 Å². The van der Waals surface area contributed by atoms with E-state index in [2.05, 4.69) is 29.4 Å². The van der Waals surface area contributed by atoms with Gasteiger partial charge in [0, 0.05) is 17.8 Å². The van der Waals surface area contributed by atoms with Gasteiger partial charge in [-0.2, -0.15) is 0 Å². The lowest BCUT2D eigenvalue weighted by Gasteiger charge is -2.13. The molecule has 4 heteroatoms. The summed E-state index contributed by atoms with van der Waals surface area (Å²) in [4.78, 5) is 27.0. The highest BCUT2D eigenvalue weighted by molar-refractivity contribution is 6.02. The molecule has 0 unspecified atom stereocenters. The fourth-order valence-electron chi connectivity index (χ4n) is 2.74. The van der Waals surface area contributed by atoms with Crippen LogP contribution in [0.25, 0.3) is 0 Å². The van der Waals surface area contributed by atoms with Crippen LogP contribution >= 0.6 is 0 Å². The summed E-state index contributed by atoms with van der Waals surface area (Å²) in [5.74, 6) is 0.0348. The van der Waals surface area contributed by atoms with Crippen LogP contribution in [-0.4, -0.2) is 23.2 Å². The summed E-state index contributed by atoms with van der Waals surface area (Å²) in [5, 5.41) is 2.94. The quantitative estimate of drug-likeness (QED) is 0.831. The number of ketones is 1. The maximum absolute atomic E-state index is 12.3. The van der Waals surface area contributed by atoms with E-state index in [1.807, 2.05) is 25.1 Å². The van der Waals surface area contributed by atoms with Crippen molar-refractivity contribution in [1.82, 2.24) is 10.3 Å². The number of benzene rings is 1. The molecule has 0 spiro atoms. The molecular weight excluding hydrogens is 276 g/mol. The van der Waals surface area contributed by atoms with Gasteiger partial charge in [0.2, 0.25) is 0 Å². The number of nitrogens with one attached hydrogen (secondary N) is 2. The van der Waals surface area contributed by atoms with E-state index in [9.17, 15) is 9.59 Å². The first-order chi connectivity index (χ1) is 10.4. The van der Waals surface area contributed by atoms with Crippen LogP contribution in [0.5, 0.6) is 0 Å². The minimum atomic E-state index is -0.170. The van der Waals surface area contributed by atoms with E-state index in [0.29, 0.717) is 17.8 Å². The molecule has 4 nitrogen and oxygen atoms in total. The number of hydrogen-bond donors (Lipinski definition) is 2. The molecule has 0 saturated carbocycles. The Labute approximate surface area is 130 Å². The standard InChI is InChI=1S/C18H22N2O2/c1-11(15-8-6-5-7-9-15)10-19-18(22)17-12(2)16(14(4)21)13(3)20-17/h5-9,11,20H,10H2,1-4H3,(H,19,22)/t11-/m0/s1. The van der Waals surface area contributed by atoms with E-state index in [1.165, 1.54) is 12.5 Å². The van der Waals surface area contributed by atoms with Crippen LogP contribution in [0.3, 0.4) is 0 Å². The number of hydrogen-bond acceptors (Lipinski definition) is 2. The highest BCUT2D eigenvalue weighted by atomic mass is 16.2. The van der Waals surface area contributed by atoms with Crippen LogP contribution in [0.4, 0.5) is 0 Å². The van der Waals surface area contributed by atoms with Gasteiger partial charge in [0.05, 0.1) is 0 Å². The van der Waals surface area contributed by atoms with Gasteiger partial charge in [-0.25, -0.2) is 0 Å². The average Bonchev–Trinajstić information content (AvgIpc) is 2.80. The molecule has 0 saturated heterocycles. The zero-order chi connectivity index (χ0) is 16.3. The Morgan fingerprint density at radius 3 is 2.36 bits per heavy atom. The van der Waals surface area contributed by atoms with Gasteiger partial charge in [0.1, 0.15) is 5.69 Å². The van der Waals surface area contributed by atoms with E-state index in [4.69, 9.17) is 0 Å². The van der Waals surface area contributed by atoms with E-state index in [1.54, 1.807) is 6.92 Å². The van der Waals surface area contributed by atoms with Crippen LogP contribution in [0.15, 0.2) is 30.3 Å². The molecule has 22 heavy (non-hydrogen) atoms. The number of amides is 1. The first kappa shape index (κ1) is 16.0. The fourth-order valence-corrected chi connectivity index (χ4v) is 2.74. The summed E-state index contributed by atoms with van der Waals surface area (Å²) in [6, 6.07) is 10.1. The van der Waals surface area contributed by atoms with Crippen LogP contribution in [0.1, 0.15) is 57.4 Å². The Bertz CT molecular complexity index is 687.